The first-order valence-electron chi connectivity index (χ1n) is 10.9. The first-order valence-corrected chi connectivity index (χ1v) is 10.9. The number of nitrogens with one attached hydrogen (secondary N) is 1. The lowest BCUT2D eigenvalue weighted by Gasteiger charge is -2.31. The molecular formula is C22H25F3N6O3. The number of fused-ring (bicyclic) bond motifs is 1. The molecule has 0 bridgehead atoms. The molecule has 2 aromatic rings. The SMILES string of the molecule is CCOc1cc(C(N)=O)c(F)cc1Nc1ncc2c(n1)N(C1CCCC1)CC(F)(F)C(=O)N2C. The molecule has 1 fully saturated rings. The Morgan fingerprint density at radius 2 is 2.03 bits per heavy atom. The summed E-state index contributed by atoms with van der Waals surface area (Å²) in [6, 6.07) is 2.00. The largest absolute Gasteiger partial charge is 0.492 e. The minimum Gasteiger partial charge on any atom is -0.492 e. The van der Waals surface area contributed by atoms with Crippen LogP contribution in [-0.4, -0.2) is 53.9 Å². The molecule has 0 saturated heterocycles. The predicted molar refractivity (Wildman–Crippen MR) is 119 cm³/mol. The molecule has 1 aromatic carbocycles. The van der Waals surface area contributed by atoms with E-state index < -0.39 is 30.1 Å². The van der Waals surface area contributed by atoms with E-state index in [4.69, 9.17) is 10.5 Å². The van der Waals surface area contributed by atoms with E-state index >= 15 is 0 Å². The molecule has 9 nitrogen and oxygen atoms in total. The molecule has 0 unspecified atom stereocenters. The van der Waals surface area contributed by atoms with Crippen molar-refractivity contribution in [1.29, 1.82) is 0 Å². The molecular weight excluding hydrogens is 453 g/mol. The van der Waals surface area contributed by atoms with Crippen molar-refractivity contribution in [3.63, 3.8) is 0 Å². The Balaban J connectivity index is 1.76. The summed E-state index contributed by atoms with van der Waals surface area (Å²) in [6.45, 7) is 1.14. The number of halogens is 3. The maximum absolute atomic E-state index is 14.7. The number of nitrogens with zero attached hydrogens (tertiary/aromatic N) is 4. The van der Waals surface area contributed by atoms with E-state index in [9.17, 15) is 22.8 Å². The Morgan fingerprint density at radius 3 is 2.68 bits per heavy atom. The quantitative estimate of drug-likeness (QED) is 0.655. The third kappa shape index (κ3) is 4.31. The standard InChI is InChI=1S/C22H25F3N6O3/c1-3-34-17-8-13(18(26)32)14(23)9-15(17)28-21-27-10-16-19(29-21)31(12-6-4-5-7-12)11-22(24,25)20(33)30(16)2/h8-10,12H,3-7,11H2,1-2H3,(H2,26,32)(H,27,28,29). The van der Waals surface area contributed by atoms with Crippen molar-refractivity contribution in [2.24, 2.45) is 5.73 Å². The highest BCUT2D eigenvalue weighted by Gasteiger charge is 2.48. The van der Waals surface area contributed by atoms with Crippen LogP contribution < -0.4 is 25.6 Å². The van der Waals surface area contributed by atoms with Crippen LogP contribution >= 0.6 is 0 Å². The topological polar surface area (TPSA) is 114 Å². The third-order valence-electron chi connectivity index (χ3n) is 6.02. The molecule has 2 aliphatic rings. The van der Waals surface area contributed by atoms with Crippen molar-refractivity contribution < 1.29 is 27.5 Å². The monoisotopic (exact) mass is 478 g/mol. The lowest BCUT2D eigenvalue weighted by atomic mass is 10.1. The number of nitrogens with two attached hydrogens (primary N) is 1. The normalized spacial score (nSPS) is 18.0. The lowest BCUT2D eigenvalue weighted by molar-refractivity contribution is -0.140. The zero-order valence-electron chi connectivity index (χ0n) is 18.8. The molecule has 34 heavy (non-hydrogen) atoms. The average Bonchev–Trinajstić information content (AvgIpc) is 3.30. The summed E-state index contributed by atoms with van der Waals surface area (Å²) < 4.78 is 49.4. The van der Waals surface area contributed by atoms with Crippen molar-refractivity contribution in [3.05, 3.63) is 29.7 Å². The van der Waals surface area contributed by atoms with Crippen LogP contribution in [0.2, 0.25) is 0 Å². The summed E-state index contributed by atoms with van der Waals surface area (Å²) in [7, 11) is 1.26. The van der Waals surface area contributed by atoms with Crippen LogP contribution in [0.25, 0.3) is 0 Å². The molecule has 2 amide bonds. The molecule has 1 saturated carbocycles. The fourth-order valence-electron chi connectivity index (χ4n) is 4.34. The summed E-state index contributed by atoms with van der Waals surface area (Å²) in [6.07, 6.45) is 4.47. The highest BCUT2D eigenvalue weighted by molar-refractivity contribution is 6.02. The molecule has 1 aliphatic heterocycles. The molecule has 4 rings (SSSR count). The van der Waals surface area contributed by atoms with Gasteiger partial charge in [0.05, 0.1) is 30.6 Å². The molecule has 1 aliphatic carbocycles. The second kappa shape index (κ2) is 8.99. The minimum atomic E-state index is -3.60. The highest BCUT2D eigenvalue weighted by atomic mass is 19.3. The van der Waals surface area contributed by atoms with E-state index in [1.807, 2.05) is 0 Å². The summed E-state index contributed by atoms with van der Waals surface area (Å²) in [5.41, 5.74) is 5.15. The van der Waals surface area contributed by atoms with Gasteiger partial charge in [-0.3, -0.25) is 9.59 Å². The average molecular weight is 478 g/mol. The Kier molecular flexibility index (Phi) is 6.24. The fourth-order valence-corrected chi connectivity index (χ4v) is 4.34. The van der Waals surface area contributed by atoms with E-state index in [0.717, 1.165) is 23.8 Å². The van der Waals surface area contributed by atoms with Gasteiger partial charge >= 0.3 is 5.92 Å². The highest BCUT2D eigenvalue weighted by Crippen LogP contribution is 2.40. The number of aromatic nitrogens is 2. The number of benzene rings is 1. The zero-order valence-corrected chi connectivity index (χ0v) is 18.8. The lowest BCUT2D eigenvalue weighted by Crippen LogP contribution is -2.48. The van der Waals surface area contributed by atoms with Gasteiger partial charge < -0.3 is 25.6 Å². The van der Waals surface area contributed by atoms with Gasteiger partial charge in [0.1, 0.15) is 17.3 Å². The Morgan fingerprint density at radius 1 is 1.32 bits per heavy atom. The molecule has 12 heteroatoms. The van der Waals surface area contributed by atoms with Gasteiger partial charge in [0.25, 0.3) is 11.8 Å². The van der Waals surface area contributed by atoms with E-state index in [1.165, 1.54) is 24.2 Å². The van der Waals surface area contributed by atoms with Crippen molar-refractivity contribution in [3.8, 4) is 5.75 Å². The van der Waals surface area contributed by atoms with E-state index in [1.54, 1.807) is 6.92 Å². The van der Waals surface area contributed by atoms with Gasteiger partial charge in [0.15, 0.2) is 5.82 Å². The molecule has 1 aromatic heterocycles. The summed E-state index contributed by atoms with van der Waals surface area (Å²) in [4.78, 5) is 34.8. The maximum Gasteiger partial charge on any atom is 0.342 e. The first-order chi connectivity index (χ1) is 16.1. The summed E-state index contributed by atoms with van der Waals surface area (Å²) in [5.74, 6) is -6.44. The van der Waals surface area contributed by atoms with Gasteiger partial charge in [-0.2, -0.15) is 13.8 Å². The van der Waals surface area contributed by atoms with Crippen LogP contribution in [-0.2, 0) is 4.79 Å². The first kappa shape index (κ1) is 23.6. The van der Waals surface area contributed by atoms with Gasteiger partial charge in [-0.25, -0.2) is 9.37 Å². The number of carbonyl (C=O) groups is 2. The Hall–Kier alpha value is -3.57. The summed E-state index contributed by atoms with van der Waals surface area (Å²) >= 11 is 0. The molecule has 3 N–H and O–H groups in total. The Bertz CT molecular complexity index is 1120. The number of ether oxygens (including phenoxy) is 1. The van der Waals surface area contributed by atoms with E-state index in [2.05, 4.69) is 15.3 Å². The van der Waals surface area contributed by atoms with Gasteiger partial charge in [-0.05, 0) is 25.8 Å². The van der Waals surface area contributed by atoms with Gasteiger partial charge in [0, 0.05) is 19.2 Å². The third-order valence-corrected chi connectivity index (χ3v) is 6.02. The van der Waals surface area contributed by atoms with Crippen molar-refractivity contribution in [2.45, 2.75) is 44.6 Å². The second-order valence-electron chi connectivity index (χ2n) is 8.29. The van der Waals surface area contributed by atoms with Crippen molar-refractivity contribution in [1.82, 2.24) is 9.97 Å². The second-order valence-corrected chi connectivity index (χ2v) is 8.29. The van der Waals surface area contributed by atoms with Gasteiger partial charge in [0.2, 0.25) is 5.95 Å². The van der Waals surface area contributed by atoms with Crippen LogP contribution in [0.4, 0.5) is 36.3 Å². The predicted octanol–water partition coefficient (Wildman–Crippen LogP) is 3.22. The van der Waals surface area contributed by atoms with Crippen LogP contribution in [0.1, 0.15) is 43.0 Å². The van der Waals surface area contributed by atoms with Crippen LogP contribution in [0.15, 0.2) is 18.3 Å². The van der Waals surface area contributed by atoms with Crippen LogP contribution in [0, 0.1) is 5.82 Å². The number of carbonyl (C=O) groups excluding carboxylic acids is 2. The molecule has 0 spiro atoms. The molecule has 182 valence electrons. The van der Waals surface area contributed by atoms with Crippen LogP contribution in [0.3, 0.4) is 0 Å². The van der Waals surface area contributed by atoms with Gasteiger partial charge in [-0.15, -0.1) is 0 Å². The van der Waals surface area contributed by atoms with E-state index in [-0.39, 0.29) is 47.1 Å². The maximum atomic E-state index is 14.7. The fraction of sp³-hybridized carbons (Fsp3) is 0.455. The van der Waals surface area contributed by atoms with Crippen LogP contribution in [0.5, 0.6) is 5.75 Å². The summed E-state index contributed by atoms with van der Waals surface area (Å²) in [5, 5.41) is 2.84. The number of alkyl halides is 2. The minimum absolute atomic E-state index is 0.0139. The number of primary amides is 1. The number of hydrogen-bond donors (Lipinski definition) is 2. The van der Waals surface area contributed by atoms with Crippen molar-refractivity contribution >= 4 is 35.0 Å². The number of amides is 2. The molecule has 0 atom stereocenters. The van der Waals surface area contributed by atoms with E-state index in [0.29, 0.717) is 12.8 Å². The molecule has 0 radical (unpaired) electrons. The molecule has 2 heterocycles. The smallest absolute Gasteiger partial charge is 0.342 e. The van der Waals surface area contributed by atoms with Crippen molar-refractivity contribution in [2.75, 3.05) is 35.3 Å². The number of hydrogen-bond acceptors (Lipinski definition) is 7. The number of anilines is 4. The van der Waals surface area contributed by atoms with Gasteiger partial charge in [-0.1, -0.05) is 12.8 Å². The number of rotatable bonds is 6. The Labute approximate surface area is 194 Å². The zero-order chi connectivity index (χ0) is 24.6.